The van der Waals surface area contributed by atoms with Crippen LogP contribution in [0.15, 0.2) is 103 Å². The molecule has 0 aromatic heterocycles. The van der Waals surface area contributed by atoms with Crippen molar-refractivity contribution in [3.63, 3.8) is 0 Å². The largest absolute Gasteiger partial charge is 0.463 e. The molecule has 1 saturated carbocycles. The number of allylic oxidation sites excluding steroid dienone is 1. The minimum Gasteiger partial charge on any atom is -0.463 e. The molecule has 0 amide bonds. The van der Waals surface area contributed by atoms with Gasteiger partial charge in [0.25, 0.3) is 8.32 Å². The molecule has 3 nitrogen and oxygen atoms in total. The van der Waals surface area contributed by atoms with Gasteiger partial charge in [0.05, 0.1) is 6.61 Å². The van der Waals surface area contributed by atoms with E-state index in [9.17, 15) is 4.79 Å². The lowest BCUT2D eigenvalue weighted by molar-refractivity contribution is -0.137. The summed E-state index contributed by atoms with van der Waals surface area (Å²) in [6.07, 6.45) is 4.59. The number of carbonyl (C=O) groups excluding carboxylic acids is 1. The highest BCUT2D eigenvalue weighted by molar-refractivity contribution is 6.99. The van der Waals surface area contributed by atoms with Crippen LogP contribution in [0.4, 0.5) is 0 Å². The molecule has 35 heavy (non-hydrogen) atoms. The molecule has 0 aliphatic heterocycles. The lowest BCUT2D eigenvalue weighted by Crippen LogP contribution is -2.66. The van der Waals surface area contributed by atoms with Crippen LogP contribution in [0.3, 0.4) is 0 Å². The van der Waals surface area contributed by atoms with Crippen molar-refractivity contribution in [2.75, 3.05) is 13.2 Å². The molecule has 3 aromatic carbocycles. The van der Waals surface area contributed by atoms with Crippen LogP contribution in [-0.2, 0) is 19.4 Å². The van der Waals surface area contributed by atoms with Crippen molar-refractivity contribution in [2.45, 2.75) is 44.6 Å². The van der Waals surface area contributed by atoms with Gasteiger partial charge in [0.15, 0.2) is 0 Å². The van der Waals surface area contributed by atoms with Crippen LogP contribution >= 0.6 is 0 Å². The third kappa shape index (κ3) is 5.05. The molecule has 182 valence electrons. The molecule has 1 aliphatic rings. The molecule has 4 rings (SSSR count). The van der Waals surface area contributed by atoms with E-state index in [4.69, 9.17) is 9.16 Å². The first-order valence-corrected chi connectivity index (χ1v) is 14.4. The maximum atomic E-state index is 12.1. The fourth-order valence-electron chi connectivity index (χ4n) is 5.35. The van der Waals surface area contributed by atoms with E-state index < -0.39 is 8.32 Å². The summed E-state index contributed by atoms with van der Waals surface area (Å²) in [5, 5.41) is 2.50. The highest BCUT2D eigenvalue weighted by Gasteiger charge is 2.56. The summed E-state index contributed by atoms with van der Waals surface area (Å²) in [6, 6.07) is 31.9. The van der Waals surface area contributed by atoms with Gasteiger partial charge in [0, 0.05) is 18.1 Å². The third-order valence-corrected chi connectivity index (χ3v) is 12.2. The second-order valence-electron chi connectivity index (χ2n) is 10.4. The highest BCUT2D eigenvalue weighted by Crippen LogP contribution is 2.56. The summed E-state index contributed by atoms with van der Waals surface area (Å²) in [7, 11) is -2.61. The first-order chi connectivity index (χ1) is 16.8. The van der Waals surface area contributed by atoms with Crippen molar-refractivity contribution in [3.8, 4) is 0 Å². The Labute approximate surface area is 210 Å². The van der Waals surface area contributed by atoms with Crippen molar-refractivity contribution >= 4 is 24.7 Å². The summed E-state index contributed by atoms with van der Waals surface area (Å²) in [5.74, 6) is -0.00131. The second kappa shape index (κ2) is 10.3. The fourth-order valence-corrected chi connectivity index (χ4v) is 9.96. The summed E-state index contributed by atoms with van der Waals surface area (Å²) >= 11 is 0. The van der Waals surface area contributed by atoms with Gasteiger partial charge in [0.2, 0.25) is 0 Å². The maximum Gasteiger partial charge on any atom is 0.330 e. The van der Waals surface area contributed by atoms with Gasteiger partial charge in [-0.3, -0.25) is 0 Å². The molecule has 1 aliphatic carbocycles. The normalized spacial score (nSPS) is 20.1. The van der Waals surface area contributed by atoms with Crippen LogP contribution in [0, 0.1) is 5.92 Å². The topological polar surface area (TPSA) is 35.5 Å². The minimum atomic E-state index is -2.61. The predicted molar refractivity (Wildman–Crippen MR) is 146 cm³/mol. The van der Waals surface area contributed by atoms with E-state index in [-0.39, 0.29) is 22.3 Å². The van der Waals surface area contributed by atoms with Gasteiger partial charge in [-0.25, -0.2) is 4.79 Å². The van der Waals surface area contributed by atoms with Crippen molar-refractivity contribution in [1.29, 1.82) is 0 Å². The number of ether oxygens (including phenoxy) is 1. The zero-order chi connectivity index (χ0) is 24.9. The van der Waals surface area contributed by atoms with Crippen LogP contribution in [0.1, 0.15) is 39.7 Å². The van der Waals surface area contributed by atoms with Gasteiger partial charge in [-0.05, 0) is 40.2 Å². The molecule has 0 bridgehead atoms. The number of benzene rings is 3. The lowest BCUT2D eigenvalue weighted by Gasteiger charge is -2.43. The van der Waals surface area contributed by atoms with Gasteiger partial charge in [-0.2, -0.15) is 0 Å². The van der Waals surface area contributed by atoms with E-state index in [1.807, 2.05) is 19.1 Å². The Morgan fingerprint density at radius 3 is 1.91 bits per heavy atom. The maximum absolute atomic E-state index is 12.1. The number of hydrogen-bond acceptors (Lipinski definition) is 3. The molecule has 3 aromatic rings. The second-order valence-corrected chi connectivity index (χ2v) is 14.7. The molecule has 0 heterocycles. The van der Waals surface area contributed by atoms with Crippen molar-refractivity contribution in [1.82, 2.24) is 0 Å². The van der Waals surface area contributed by atoms with Gasteiger partial charge < -0.3 is 9.16 Å². The minimum absolute atomic E-state index is 0.0687. The highest BCUT2D eigenvalue weighted by atomic mass is 28.4. The van der Waals surface area contributed by atoms with Gasteiger partial charge in [0.1, 0.15) is 0 Å². The van der Waals surface area contributed by atoms with Gasteiger partial charge in [-0.1, -0.05) is 118 Å². The quantitative estimate of drug-likeness (QED) is 0.224. The van der Waals surface area contributed by atoms with E-state index in [0.717, 1.165) is 6.42 Å². The van der Waals surface area contributed by atoms with E-state index in [1.54, 1.807) is 6.08 Å². The number of hydrogen-bond donors (Lipinski definition) is 0. The Morgan fingerprint density at radius 2 is 1.43 bits per heavy atom. The third-order valence-electron chi connectivity index (χ3n) is 7.19. The van der Waals surface area contributed by atoms with Crippen LogP contribution in [0.25, 0.3) is 0 Å². The zero-order valence-corrected chi connectivity index (χ0v) is 22.2. The Kier molecular flexibility index (Phi) is 7.44. The van der Waals surface area contributed by atoms with E-state index in [0.29, 0.717) is 13.2 Å². The van der Waals surface area contributed by atoms with Crippen LogP contribution < -0.4 is 10.4 Å². The first-order valence-electron chi connectivity index (χ1n) is 12.5. The van der Waals surface area contributed by atoms with Crippen molar-refractivity contribution in [3.05, 3.63) is 109 Å². The summed E-state index contributed by atoms with van der Waals surface area (Å²) in [5.41, 5.74) is 1.01. The molecule has 0 saturated heterocycles. The van der Waals surface area contributed by atoms with Crippen molar-refractivity contribution < 1.29 is 14.0 Å². The average molecular weight is 485 g/mol. The Morgan fingerprint density at radius 1 is 0.914 bits per heavy atom. The van der Waals surface area contributed by atoms with Gasteiger partial charge in [-0.15, -0.1) is 0 Å². The monoisotopic (exact) mass is 484 g/mol. The lowest BCUT2D eigenvalue weighted by atomic mass is 9.93. The summed E-state index contributed by atoms with van der Waals surface area (Å²) < 4.78 is 12.4. The van der Waals surface area contributed by atoms with Crippen LogP contribution in [0.2, 0.25) is 5.04 Å². The summed E-state index contributed by atoms with van der Waals surface area (Å²) in [4.78, 5) is 12.1. The van der Waals surface area contributed by atoms with Crippen LogP contribution in [0.5, 0.6) is 0 Å². The smallest absolute Gasteiger partial charge is 0.330 e. The Bertz CT molecular complexity index is 1100. The molecular weight excluding hydrogens is 448 g/mol. The number of carbonyl (C=O) groups is 1. The predicted octanol–water partition coefficient (Wildman–Crippen LogP) is 5.64. The van der Waals surface area contributed by atoms with Crippen LogP contribution in [-0.4, -0.2) is 27.5 Å². The molecule has 2 atom stereocenters. The summed E-state index contributed by atoms with van der Waals surface area (Å²) in [6.45, 7) is 9.75. The molecule has 0 spiro atoms. The number of esters is 1. The molecule has 0 radical (unpaired) electrons. The van der Waals surface area contributed by atoms with E-state index in [1.165, 1.54) is 15.9 Å². The molecule has 1 fully saturated rings. The number of rotatable bonds is 9. The molecular formula is C31H36O3Si. The Balaban J connectivity index is 1.69. The first kappa shape index (κ1) is 25.1. The molecule has 0 N–H and O–H groups in total. The molecule has 4 heteroatoms. The molecule has 2 unspecified atom stereocenters. The van der Waals surface area contributed by atoms with E-state index >= 15 is 0 Å². The Hall–Kier alpha value is -2.95. The zero-order valence-electron chi connectivity index (χ0n) is 21.2. The standard InChI is InChI=1S/C31H36O3Si/c1-5-33-29(32)21-22-31(25-15-9-6-10-16-25)23-26(31)24-34-35(30(2,3)4,27-17-11-7-12-18-27)28-19-13-8-14-20-28/h6-22,26H,5,23-24H2,1-4H3. The van der Waals surface area contributed by atoms with E-state index in [2.05, 4.69) is 106 Å². The fraction of sp³-hybridized carbons (Fsp3) is 0.323. The SMILES string of the molecule is CCOC(=O)C=CC1(c2ccccc2)CC1CO[Si](c1ccccc1)(c1ccccc1)C(C)(C)C. The van der Waals surface area contributed by atoms with Gasteiger partial charge >= 0.3 is 5.97 Å². The van der Waals surface area contributed by atoms with Crippen molar-refractivity contribution in [2.24, 2.45) is 5.92 Å². The average Bonchev–Trinajstić information content (AvgIpc) is 3.59.